The van der Waals surface area contributed by atoms with E-state index in [2.05, 4.69) is 25.2 Å². The Balaban J connectivity index is 1.14. The molecule has 2 N–H and O–H groups in total. The number of nitrogens with one attached hydrogen (secondary N) is 2. The lowest BCUT2D eigenvalue weighted by molar-refractivity contribution is 0.0610. The highest BCUT2D eigenvalue weighted by Crippen LogP contribution is 2.52. The maximum Gasteiger partial charge on any atom is 0.270 e. The molecule has 10 heteroatoms. The van der Waals surface area contributed by atoms with Crippen molar-refractivity contribution in [1.29, 1.82) is 0 Å². The molecule has 3 aromatic heterocycles. The number of hydrogen-bond donors (Lipinski definition) is 2. The van der Waals surface area contributed by atoms with E-state index in [1.165, 1.54) is 19.3 Å². The fraction of sp³-hybridized carbons (Fsp3) is 0.552. The molecule has 0 radical (unpaired) electrons. The normalized spacial score (nSPS) is 27.6. The molecule has 5 aliphatic rings. The summed E-state index contributed by atoms with van der Waals surface area (Å²) in [5.74, 6) is 2.37. The van der Waals surface area contributed by atoms with Crippen molar-refractivity contribution in [3.05, 3.63) is 41.9 Å². The first kappa shape index (κ1) is 24.5. The van der Waals surface area contributed by atoms with Gasteiger partial charge in [0.15, 0.2) is 0 Å². The van der Waals surface area contributed by atoms with E-state index in [0.29, 0.717) is 35.0 Å². The van der Waals surface area contributed by atoms with E-state index in [1.54, 1.807) is 31.4 Å². The number of hydrogen-bond acceptors (Lipinski definition) is 7. The first-order valence-electron chi connectivity index (χ1n) is 14.3. The zero-order chi connectivity index (χ0) is 26.7. The summed E-state index contributed by atoms with van der Waals surface area (Å²) < 4.78 is 2.17. The summed E-state index contributed by atoms with van der Waals surface area (Å²) in [6, 6.07) is 6.50. The minimum atomic E-state index is -0.0133. The number of piperazine rings is 1. The van der Waals surface area contributed by atoms with E-state index in [4.69, 9.17) is 4.98 Å². The molecule has 0 spiro atoms. The molecular formula is C29H36N8O2. The lowest BCUT2D eigenvalue weighted by Crippen LogP contribution is -2.56. The summed E-state index contributed by atoms with van der Waals surface area (Å²) in [6.45, 7) is 1.63. The highest BCUT2D eigenvalue weighted by atomic mass is 16.2. The molecule has 3 aromatic rings. The Labute approximate surface area is 228 Å². The van der Waals surface area contributed by atoms with Crippen LogP contribution in [0.5, 0.6) is 0 Å². The van der Waals surface area contributed by atoms with Gasteiger partial charge in [-0.25, -0.2) is 9.97 Å². The van der Waals surface area contributed by atoms with E-state index in [9.17, 15) is 9.59 Å². The molecule has 5 atom stereocenters. The monoisotopic (exact) mass is 528 g/mol. The molecule has 2 saturated carbocycles. The van der Waals surface area contributed by atoms with Crippen LogP contribution in [0, 0.1) is 11.8 Å². The number of pyridine rings is 1. The quantitative estimate of drug-likeness (QED) is 0.521. The standard InChI is InChI=1S/C29H36N8O2/c1-35(2)28(39)24-12-20-14-32-29(34-26(20)37(24)23-11-17-6-7-18(23)10-17)33-25-9-8-19(13-31-25)27(38)36-16-21-4-3-5-22(36)15-30-21/h8-9,12-14,17-18,21-23,30H,3-7,10-11,15-16H2,1-2H3,(H,31,32,33,34)/t17-,18+,21?,22?,23+/m0/s1. The Morgan fingerprint density at radius 1 is 1.08 bits per heavy atom. The topological polar surface area (TPSA) is 108 Å². The van der Waals surface area contributed by atoms with E-state index in [0.717, 1.165) is 55.7 Å². The number of aromatic nitrogens is 4. The zero-order valence-corrected chi connectivity index (χ0v) is 22.6. The molecule has 2 amide bonds. The zero-order valence-electron chi connectivity index (χ0n) is 22.6. The van der Waals surface area contributed by atoms with Crippen LogP contribution in [0.4, 0.5) is 11.8 Å². The van der Waals surface area contributed by atoms with Crippen LogP contribution in [-0.2, 0) is 0 Å². The summed E-state index contributed by atoms with van der Waals surface area (Å²) in [7, 11) is 3.58. The number of carbonyl (C=O) groups is 2. The number of rotatable bonds is 5. The van der Waals surface area contributed by atoms with Crippen LogP contribution < -0.4 is 10.6 Å². The molecular weight excluding hydrogens is 492 g/mol. The van der Waals surface area contributed by atoms with Crippen LogP contribution in [0.2, 0.25) is 0 Å². The van der Waals surface area contributed by atoms with Gasteiger partial charge in [0.05, 0.1) is 5.56 Å². The number of amides is 2. The van der Waals surface area contributed by atoms with Crippen molar-refractivity contribution in [3.8, 4) is 0 Å². The average Bonchev–Trinajstić information content (AvgIpc) is 3.58. The van der Waals surface area contributed by atoms with Crippen LogP contribution in [0.25, 0.3) is 11.0 Å². The fourth-order valence-corrected chi connectivity index (χ4v) is 7.36. The van der Waals surface area contributed by atoms with Crippen molar-refractivity contribution < 1.29 is 9.59 Å². The van der Waals surface area contributed by atoms with Crippen molar-refractivity contribution in [2.45, 2.75) is 63.1 Å². The molecule has 39 heavy (non-hydrogen) atoms. The Morgan fingerprint density at radius 3 is 2.72 bits per heavy atom. The van der Waals surface area contributed by atoms with Gasteiger partial charge in [-0.05, 0) is 68.6 Å². The summed E-state index contributed by atoms with van der Waals surface area (Å²) in [6.07, 6.45) is 11.6. The number of anilines is 2. The lowest BCUT2D eigenvalue weighted by Gasteiger charge is -2.37. The largest absolute Gasteiger partial charge is 0.343 e. The van der Waals surface area contributed by atoms with Gasteiger partial charge in [-0.2, -0.15) is 4.98 Å². The van der Waals surface area contributed by atoms with E-state index in [-0.39, 0.29) is 23.9 Å². The molecule has 4 bridgehead atoms. The molecule has 2 aliphatic carbocycles. The van der Waals surface area contributed by atoms with Crippen molar-refractivity contribution in [3.63, 3.8) is 0 Å². The van der Waals surface area contributed by atoms with Crippen molar-refractivity contribution in [2.24, 2.45) is 11.8 Å². The minimum Gasteiger partial charge on any atom is -0.343 e. The first-order valence-corrected chi connectivity index (χ1v) is 14.3. The van der Waals surface area contributed by atoms with Crippen LogP contribution >= 0.6 is 0 Å². The Kier molecular flexibility index (Phi) is 6.02. The molecule has 204 valence electrons. The summed E-state index contributed by atoms with van der Waals surface area (Å²) in [5.41, 5.74) is 2.06. The average molecular weight is 529 g/mol. The number of carbonyl (C=O) groups excluding carboxylic acids is 2. The Bertz CT molecular complexity index is 1410. The second-order valence-corrected chi connectivity index (χ2v) is 12.0. The first-order chi connectivity index (χ1) is 18.9. The molecule has 6 heterocycles. The highest BCUT2D eigenvalue weighted by Gasteiger charge is 2.42. The second kappa shape index (κ2) is 9.59. The van der Waals surface area contributed by atoms with Crippen molar-refractivity contribution in [2.75, 3.05) is 32.5 Å². The molecule has 10 nitrogen and oxygen atoms in total. The lowest BCUT2D eigenvalue weighted by atomic mass is 9.95. The van der Waals surface area contributed by atoms with Gasteiger partial charge < -0.3 is 25.0 Å². The molecule has 3 saturated heterocycles. The van der Waals surface area contributed by atoms with Gasteiger partial charge in [0.2, 0.25) is 5.95 Å². The SMILES string of the molecule is CN(C)C(=O)c1cc2cnc(Nc3ccc(C(=O)N4CC5CCCC4CN5)cn3)nc2n1[C@@H]1C[C@H]2CC[C@@H]1C2. The van der Waals surface area contributed by atoms with E-state index >= 15 is 0 Å². The third kappa shape index (κ3) is 4.34. The number of nitrogens with zero attached hydrogens (tertiary/aromatic N) is 6. The molecule has 8 rings (SSSR count). The molecule has 3 aliphatic heterocycles. The summed E-state index contributed by atoms with van der Waals surface area (Å²) >= 11 is 0. The van der Waals surface area contributed by atoms with Gasteiger partial charge in [-0.3, -0.25) is 9.59 Å². The minimum absolute atomic E-state index is 0.0133. The van der Waals surface area contributed by atoms with Crippen LogP contribution in [0.1, 0.15) is 71.8 Å². The van der Waals surface area contributed by atoms with Gasteiger partial charge in [-0.15, -0.1) is 0 Å². The van der Waals surface area contributed by atoms with E-state index < -0.39 is 0 Å². The van der Waals surface area contributed by atoms with Gasteiger partial charge >= 0.3 is 0 Å². The smallest absolute Gasteiger partial charge is 0.270 e. The predicted octanol–water partition coefficient (Wildman–Crippen LogP) is 3.60. The predicted molar refractivity (Wildman–Crippen MR) is 148 cm³/mol. The third-order valence-corrected chi connectivity index (χ3v) is 9.33. The number of fused-ring (bicyclic) bond motifs is 7. The molecule has 5 fully saturated rings. The Morgan fingerprint density at radius 2 is 1.97 bits per heavy atom. The fourth-order valence-electron chi connectivity index (χ4n) is 7.36. The van der Waals surface area contributed by atoms with Crippen LogP contribution in [0.15, 0.2) is 30.6 Å². The van der Waals surface area contributed by atoms with E-state index in [1.807, 2.05) is 23.1 Å². The maximum atomic E-state index is 13.3. The van der Waals surface area contributed by atoms with Crippen molar-refractivity contribution in [1.82, 2.24) is 34.6 Å². The van der Waals surface area contributed by atoms with Crippen molar-refractivity contribution >= 4 is 34.6 Å². The third-order valence-electron chi connectivity index (χ3n) is 9.33. The Hall–Kier alpha value is -3.53. The van der Waals surface area contributed by atoms with Crippen LogP contribution in [0.3, 0.4) is 0 Å². The van der Waals surface area contributed by atoms with Crippen LogP contribution in [-0.4, -0.2) is 80.4 Å². The van der Waals surface area contributed by atoms with Gasteiger partial charge in [0.25, 0.3) is 11.8 Å². The van der Waals surface area contributed by atoms with Gasteiger partial charge in [0.1, 0.15) is 17.2 Å². The van der Waals surface area contributed by atoms with Gasteiger partial charge in [-0.1, -0.05) is 6.42 Å². The highest BCUT2D eigenvalue weighted by molar-refractivity contribution is 5.98. The van der Waals surface area contributed by atoms with Gasteiger partial charge in [0, 0.05) is 63.1 Å². The molecule has 0 aromatic carbocycles. The molecule has 2 unspecified atom stereocenters. The maximum absolute atomic E-state index is 13.3. The summed E-state index contributed by atoms with van der Waals surface area (Å²) in [5, 5.41) is 7.63. The second-order valence-electron chi connectivity index (χ2n) is 12.0. The summed E-state index contributed by atoms with van der Waals surface area (Å²) in [4.78, 5) is 44.0.